The van der Waals surface area contributed by atoms with Crippen LogP contribution in [-0.2, 0) is 4.74 Å². The molecule has 0 spiro atoms. The number of ether oxygens (including phenoxy) is 1. The topological polar surface area (TPSA) is 54.5 Å². The van der Waals surface area contributed by atoms with Crippen molar-refractivity contribution in [3.8, 4) is 0 Å². The van der Waals surface area contributed by atoms with E-state index in [4.69, 9.17) is 4.74 Å². The van der Waals surface area contributed by atoms with Crippen LogP contribution in [0.25, 0.3) is 0 Å². The average molecular weight is 291 g/mol. The maximum absolute atomic E-state index is 11.9. The third-order valence-corrected chi connectivity index (χ3v) is 3.77. The Hall–Kier alpha value is -1.62. The van der Waals surface area contributed by atoms with E-state index in [9.17, 15) is 4.79 Å². The number of anilines is 1. The van der Waals surface area contributed by atoms with Crippen LogP contribution in [0, 0.1) is 0 Å². The van der Waals surface area contributed by atoms with Gasteiger partial charge in [-0.2, -0.15) is 0 Å². The summed E-state index contributed by atoms with van der Waals surface area (Å²) >= 11 is 0. The first-order valence-corrected chi connectivity index (χ1v) is 7.85. The highest BCUT2D eigenvalue weighted by Gasteiger charge is 2.21. The molecule has 1 fully saturated rings. The van der Waals surface area contributed by atoms with Gasteiger partial charge in [-0.15, -0.1) is 0 Å². The Balaban J connectivity index is 1.96. The zero-order chi connectivity index (χ0) is 15.1. The molecule has 0 bridgehead atoms. The third-order valence-electron chi connectivity index (χ3n) is 3.77. The Labute approximate surface area is 126 Å². The van der Waals surface area contributed by atoms with Crippen LogP contribution < -0.4 is 5.32 Å². The SMILES string of the molecule is CCCN1CCC(Nc2ncccc2C(=O)OCC)CC1. The number of carbonyl (C=O) groups is 1. The molecule has 116 valence electrons. The summed E-state index contributed by atoms with van der Waals surface area (Å²) in [5, 5.41) is 3.41. The quantitative estimate of drug-likeness (QED) is 0.816. The van der Waals surface area contributed by atoms with Gasteiger partial charge >= 0.3 is 5.97 Å². The van der Waals surface area contributed by atoms with Gasteiger partial charge in [-0.3, -0.25) is 0 Å². The van der Waals surface area contributed by atoms with Crippen molar-refractivity contribution in [1.29, 1.82) is 0 Å². The zero-order valence-corrected chi connectivity index (χ0v) is 13.0. The monoisotopic (exact) mass is 291 g/mol. The van der Waals surface area contributed by atoms with E-state index in [0.29, 0.717) is 24.0 Å². The maximum Gasteiger partial charge on any atom is 0.341 e. The summed E-state index contributed by atoms with van der Waals surface area (Å²) in [7, 11) is 0. The Morgan fingerprint density at radius 3 is 2.86 bits per heavy atom. The second kappa shape index (κ2) is 7.98. The molecule has 5 nitrogen and oxygen atoms in total. The Morgan fingerprint density at radius 1 is 1.43 bits per heavy atom. The molecule has 1 saturated heterocycles. The van der Waals surface area contributed by atoms with Crippen LogP contribution in [0.1, 0.15) is 43.5 Å². The van der Waals surface area contributed by atoms with Gasteiger partial charge in [0.1, 0.15) is 11.4 Å². The van der Waals surface area contributed by atoms with Crippen LogP contribution in [0.4, 0.5) is 5.82 Å². The van der Waals surface area contributed by atoms with Gasteiger partial charge in [-0.1, -0.05) is 6.92 Å². The van der Waals surface area contributed by atoms with Crippen molar-refractivity contribution in [2.75, 3.05) is 31.6 Å². The highest BCUT2D eigenvalue weighted by atomic mass is 16.5. The van der Waals surface area contributed by atoms with Gasteiger partial charge in [0.25, 0.3) is 0 Å². The lowest BCUT2D eigenvalue weighted by molar-refractivity contribution is 0.0527. The van der Waals surface area contributed by atoms with E-state index in [2.05, 4.69) is 22.1 Å². The lowest BCUT2D eigenvalue weighted by atomic mass is 10.0. The van der Waals surface area contributed by atoms with Crippen molar-refractivity contribution in [1.82, 2.24) is 9.88 Å². The van der Waals surface area contributed by atoms with E-state index in [1.807, 2.05) is 6.92 Å². The predicted octanol–water partition coefficient (Wildman–Crippen LogP) is 2.54. The van der Waals surface area contributed by atoms with Gasteiger partial charge in [-0.05, 0) is 44.9 Å². The molecule has 1 aromatic rings. The minimum Gasteiger partial charge on any atom is -0.462 e. The normalized spacial score (nSPS) is 16.7. The van der Waals surface area contributed by atoms with Gasteiger partial charge in [0.2, 0.25) is 0 Å². The molecule has 2 rings (SSSR count). The van der Waals surface area contributed by atoms with Gasteiger partial charge < -0.3 is 15.0 Å². The summed E-state index contributed by atoms with van der Waals surface area (Å²) in [6.07, 6.45) is 5.07. The van der Waals surface area contributed by atoms with Crippen LogP contribution in [-0.4, -0.2) is 48.1 Å². The number of likely N-dealkylation sites (tertiary alicyclic amines) is 1. The summed E-state index contributed by atoms with van der Waals surface area (Å²) in [5.74, 6) is 0.335. The number of esters is 1. The summed E-state index contributed by atoms with van der Waals surface area (Å²) in [6.45, 7) is 7.78. The van der Waals surface area contributed by atoms with Crippen LogP contribution >= 0.6 is 0 Å². The van der Waals surface area contributed by atoms with Crippen LogP contribution in [0.3, 0.4) is 0 Å². The number of rotatable bonds is 6. The van der Waals surface area contributed by atoms with Crippen LogP contribution in [0.15, 0.2) is 18.3 Å². The molecular weight excluding hydrogens is 266 g/mol. The molecule has 1 N–H and O–H groups in total. The second-order valence-corrected chi connectivity index (χ2v) is 5.38. The molecule has 0 aliphatic carbocycles. The largest absolute Gasteiger partial charge is 0.462 e. The van der Waals surface area contributed by atoms with Crippen molar-refractivity contribution >= 4 is 11.8 Å². The fourth-order valence-electron chi connectivity index (χ4n) is 2.70. The molecule has 1 aliphatic rings. The van der Waals surface area contributed by atoms with Gasteiger partial charge in [-0.25, -0.2) is 9.78 Å². The van der Waals surface area contributed by atoms with E-state index in [0.717, 1.165) is 25.9 Å². The molecule has 0 amide bonds. The van der Waals surface area contributed by atoms with E-state index < -0.39 is 0 Å². The number of aromatic nitrogens is 1. The first-order valence-electron chi connectivity index (χ1n) is 7.85. The number of carbonyl (C=O) groups excluding carboxylic acids is 1. The van der Waals surface area contributed by atoms with Gasteiger partial charge in [0.05, 0.1) is 6.61 Å². The highest BCUT2D eigenvalue weighted by Crippen LogP contribution is 2.19. The standard InChI is InChI=1S/C16H25N3O2/c1-3-10-19-11-7-13(8-12-19)18-15-14(6-5-9-17-15)16(20)21-4-2/h5-6,9,13H,3-4,7-8,10-12H2,1-2H3,(H,17,18). The first-order chi connectivity index (χ1) is 10.2. The minimum atomic E-state index is -0.309. The minimum absolute atomic E-state index is 0.309. The molecule has 5 heteroatoms. The van der Waals surface area contributed by atoms with E-state index >= 15 is 0 Å². The summed E-state index contributed by atoms with van der Waals surface area (Å²) < 4.78 is 5.08. The maximum atomic E-state index is 11.9. The van der Waals surface area contributed by atoms with Crippen LogP contribution in [0.5, 0.6) is 0 Å². The molecule has 1 aromatic heterocycles. The Bertz CT molecular complexity index is 457. The summed E-state index contributed by atoms with van der Waals surface area (Å²) in [4.78, 5) is 18.7. The van der Waals surface area contributed by atoms with Gasteiger partial charge in [0, 0.05) is 25.3 Å². The number of hydrogen-bond acceptors (Lipinski definition) is 5. The average Bonchev–Trinajstić information content (AvgIpc) is 2.50. The number of piperidine rings is 1. The predicted molar refractivity (Wildman–Crippen MR) is 83.6 cm³/mol. The van der Waals surface area contributed by atoms with Crippen molar-refractivity contribution in [3.05, 3.63) is 23.9 Å². The van der Waals surface area contributed by atoms with E-state index in [1.54, 1.807) is 18.3 Å². The molecule has 2 heterocycles. The fourth-order valence-corrected chi connectivity index (χ4v) is 2.70. The molecule has 1 aliphatic heterocycles. The lowest BCUT2D eigenvalue weighted by Crippen LogP contribution is -2.39. The fraction of sp³-hybridized carbons (Fsp3) is 0.625. The number of nitrogens with zero attached hydrogens (tertiary/aromatic N) is 2. The Kier molecular flexibility index (Phi) is 5.99. The molecular formula is C16H25N3O2. The highest BCUT2D eigenvalue weighted by molar-refractivity contribution is 5.94. The Morgan fingerprint density at radius 2 is 2.19 bits per heavy atom. The van der Waals surface area contributed by atoms with Crippen molar-refractivity contribution < 1.29 is 9.53 Å². The van der Waals surface area contributed by atoms with E-state index in [1.165, 1.54) is 13.0 Å². The molecule has 0 radical (unpaired) electrons. The first kappa shape index (κ1) is 15.8. The van der Waals surface area contributed by atoms with Crippen molar-refractivity contribution in [3.63, 3.8) is 0 Å². The summed E-state index contributed by atoms with van der Waals surface area (Å²) in [5.41, 5.74) is 0.523. The number of nitrogens with one attached hydrogen (secondary N) is 1. The molecule has 0 unspecified atom stereocenters. The van der Waals surface area contributed by atoms with Crippen molar-refractivity contribution in [2.45, 2.75) is 39.2 Å². The lowest BCUT2D eigenvalue weighted by Gasteiger charge is -2.32. The van der Waals surface area contributed by atoms with E-state index in [-0.39, 0.29) is 5.97 Å². The molecule has 0 saturated carbocycles. The molecule has 0 atom stereocenters. The molecule has 0 aromatic carbocycles. The number of pyridine rings is 1. The second-order valence-electron chi connectivity index (χ2n) is 5.38. The molecule has 21 heavy (non-hydrogen) atoms. The summed E-state index contributed by atoms with van der Waals surface area (Å²) in [6, 6.07) is 3.90. The smallest absolute Gasteiger partial charge is 0.341 e. The van der Waals surface area contributed by atoms with Crippen molar-refractivity contribution in [2.24, 2.45) is 0 Å². The van der Waals surface area contributed by atoms with Crippen LogP contribution in [0.2, 0.25) is 0 Å². The zero-order valence-electron chi connectivity index (χ0n) is 13.0. The third kappa shape index (κ3) is 4.43. The van der Waals surface area contributed by atoms with Gasteiger partial charge in [0.15, 0.2) is 0 Å². The number of hydrogen-bond donors (Lipinski definition) is 1.